The maximum Gasteiger partial charge on any atom is 0.130 e. The van der Waals surface area contributed by atoms with E-state index in [2.05, 4.69) is 61.5 Å². The van der Waals surface area contributed by atoms with Crippen molar-refractivity contribution >= 4 is 5.82 Å². The lowest BCUT2D eigenvalue weighted by atomic mass is 10.1. The zero-order valence-corrected chi connectivity index (χ0v) is 14.3. The molecule has 0 spiro atoms. The summed E-state index contributed by atoms with van der Waals surface area (Å²) in [4.78, 5) is 2.14. The van der Waals surface area contributed by atoms with Crippen molar-refractivity contribution in [1.82, 2.24) is 15.1 Å². The van der Waals surface area contributed by atoms with Gasteiger partial charge in [0.25, 0.3) is 0 Å². The van der Waals surface area contributed by atoms with E-state index in [4.69, 9.17) is 0 Å². The summed E-state index contributed by atoms with van der Waals surface area (Å²) in [6.45, 7) is 5.13. The second-order valence-electron chi connectivity index (χ2n) is 6.58. The van der Waals surface area contributed by atoms with Crippen LogP contribution in [0.3, 0.4) is 0 Å². The molecule has 0 aliphatic heterocycles. The van der Waals surface area contributed by atoms with Gasteiger partial charge >= 0.3 is 0 Å². The molecule has 0 saturated carbocycles. The van der Waals surface area contributed by atoms with Gasteiger partial charge in [0.15, 0.2) is 0 Å². The molecule has 4 heteroatoms. The van der Waals surface area contributed by atoms with Crippen molar-refractivity contribution in [1.29, 1.82) is 0 Å². The number of anilines is 1. The Hall–Kier alpha value is -1.81. The fourth-order valence-electron chi connectivity index (χ4n) is 3.64. The number of benzene rings is 1. The molecule has 22 heavy (non-hydrogen) atoms. The molecule has 1 atom stereocenters. The first-order valence-corrected chi connectivity index (χ1v) is 8.00. The zero-order chi connectivity index (χ0) is 15.9. The van der Waals surface area contributed by atoms with E-state index in [9.17, 15) is 0 Å². The molecule has 1 aromatic heterocycles. The predicted octanol–water partition coefficient (Wildman–Crippen LogP) is 2.88. The first-order chi connectivity index (χ1) is 10.5. The Morgan fingerprint density at radius 2 is 2.09 bits per heavy atom. The van der Waals surface area contributed by atoms with Gasteiger partial charge in [-0.05, 0) is 37.8 Å². The number of nitrogens with one attached hydrogen (secondary N) is 1. The van der Waals surface area contributed by atoms with E-state index in [1.165, 1.54) is 40.9 Å². The van der Waals surface area contributed by atoms with Gasteiger partial charge in [0, 0.05) is 39.3 Å². The van der Waals surface area contributed by atoms with E-state index in [0.717, 1.165) is 12.2 Å². The Balaban J connectivity index is 1.78. The van der Waals surface area contributed by atoms with Crippen molar-refractivity contribution in [3.05, 3.63) is 46.1 Å². The highest BCUT2D eigenvalue weighted by atomic mass is 15.4. The summed E-state index contributed by atoms with van der Waals surface area (Å²) >= 11 is 0. The molecule has 1 aromatic carbocycles. The lowest BCUT2D eigenvalue weighted by Gasteiger charge is -2.18. The summed E-state index contributed by atoms with van der Waals surface area (Å²) in [6.07, 6.45) is 2.37. The minimum absolute atomic E-state index is 0.463. The van der Waals surface area contributed by atoms with Crippen molar-refractivity contribution < 1.29 is 0 Å². The lowest BCUT2D eigenvalue weighted by molar-refractivity contribution is 0.529. The van der Waals surface area contributed by atoms with Crippen LogP contribution >= 0.6 is 0 Å². The van der Waals surface area contributed by atoms with E-state index in [1.807, 2.05) is 11.7 Å². The molecule has 4 nitrogen and oxygen atoms in total. The fraction of sp³-hybridized carbons (Fsp3) is 0.500. The smallest absolute Gasteiger partial charge is 0.130 e. The number of hydrogen-bond donors (Lipinski definition) is 1. The van der Waals surface area contributed by atoms with Crippen molar-refractivity contribution in [2.75, 3.05) is 19.0 Å². The van der Waals surface area contributed by atoms with Crippen molar-refractivity contribution in [3.63, 3.8) is 0 Å². The van der Waals surface area contributed by atoms with E-state index in [-0.39, 0.29) is 0 Å². The molecular weight excluding hydrogens is 272 g/mol. The minimum atomic E-state index is 0.463. The second-order valence-corrected chi connectivity index (χ2v) is 6.58. The predicted molar refractivity (Wildman–Crippen MR) is 91.4 cm³/mol. The van der Waals surface area contributed by atoms with E-state index in [1.54, 1.807) is 0 Å². The summed E-state index contributed by atoms with van der Waals surface area (Å²) in [6, 6.07) is 7.31. The standard InChI is InChI=1S/C18H26N4/c1-12-6-8-15-14(10-12)7-9-17(15)19-11-16-13(2)20-22(5)18(16)21(3)4/h6,8,10,17,19H,7,9,11H2,1-5H3. The summed E-state index contributed by atoms with van der Waals surface area (Å²) in [5.41, 5.74) is 6.75. The molecule has 118 valence electrons. The van der Waals surface area contributed by atoms with Gasteiger partial charge in [-0.3, -0.25) is 4.68 Å². The summed E-state index contributed by atoms with van der Waals surface area (Å²) in [5.74, 6) is 1.19. The van der Waals surface area contributed by atoms with Crippen LogP contribution in [0, 0.1) is 13.8 Å². The van der Waals surface area contributed by atoms with E-state index in [0.29, 0.717) is 6.04 Å². The van der Waals surface area contributed by atoms with Crippen LogP contribution in [0.2, 0.25) is 0 Å². The normalized spacial score (nSPS) is 16.9. The van der Waals surface area contributed by atoms with Crippen molar-refractivity contribution in [2.24, 2.45) is 7.05 Å². The molecule has 0 fully saturated rings. The molecule has 3 rings (SSSR count). The van der Waals surface area contributed by atoms with Crippen molar-refractivity contribution in [3.8, 4) is 0 Å². The maximum atomic E-state index is 4.57. The van der Waals surface area contributed by atoms with Crippen LogP contribution in [0.1, 0.15) is 40.4 Å². The third-order valence-electron chi connectivity index (χ3n) is 4.64. The lowest BCUT2D eigenvalue weighted by Crippen LogP contribution is -2.21. The summed E-state index contributed by atoms with van der Waals surface area (Å²) < 4.78 is 1.97. The highest BCUT2D eigenvalue weighted by Crippen LogP contribution is 2.32. The molecule has 0 saturated heterocycles. The molecule has 1 heterocycles. The first-order valence-electron chi connectivity index (χ1n) is 8.00. The first kappa shape index (κ1) is 15.1. The average Bonchev–Trinajstić information content (AvgIpc) is 2.96. The van der Waals surface area contributed by atoms with Crippen molar-refractivity contribution in [2.45, 2.75) is 39.3 Å². The van der Waals surface area contributed by atoms with Gasteiger partial charge in [0.2, 0.25) is 0 Å². The quantitative estimate of drug-likeness (QED) is 0.942. The van der Waals surface area contributed by atoms with Gasteiger partial charge in [-0.25, -0.2) is 0 Å². The van der Waals surface area contributed by atoms with Crippen LogP contribution < -0.4 is 10.2 Å². The van der Waals surface area contributed by atoms with E-state index < -0.39 is 0 Å². The van der Waals surface area contributed by atoms with Gasteiger partial charge in [0.05, 0.1) is 5.69 Å². The van der Waals surface area contributed by atoms with Gasteiger partial charge in [-0.15, -0.1) is 0 Å². The molecule has 2 aromatic rings. The van der Waals surface area contributed by atoms with Crippen LogP contribution in [0.15, 0.2) is 18.2 Å². The van der Waals surface area contributed by atoms with Gasteiger partial charge in [-0.1, -0.05) is 23.8 Å². The van der Waals surface area contributed by atoms with Crippen LogP contribution in [-0.4, -0.2) is 23.9 Å². The molecule has 1 unspecified atom stereocenters. The number of nitrogens with zero attached hydrogens (tertiary/aromatic N) is 3. The number of fused-ring (bicyclic) bond motifs is 1. The highest BCUT2D eigenvalue weighted by Gasteiger charge is 2.23. The molecule has 1 aliphatic rings. The topological polar surface area (TPSA) is 33.1 Å². The van der Waals surface area contributed by atoms with Crippen LogP contribution in [0.25, 0.3) is 0 Å². The third kappa shape index (κ3) is 2.63. The summed E-state index contributed by atoms with van der Waals surface area (Å²) in [7, 11) is 6.17. The number of rotatable bonds is 4. The largest absolute Gasteiger partial charge is 0.363 e. The summed E-state index contributed by atoms with van der Waals surface area (Å²) in [5, 5.41) is 8.31. The number of hydrogen-bond acceptors (Lipinski definition) is 3. The number of aromatic nitrogens is 2. The molecule has 0 radical (unpaired) electrons. The molecular formula is C18H26N4. The monoisotopic (exact) mass is 298 g/mol. The van der Waals surface area contributed by atoms with Crippen LogP contribution in [0.5, 0.6) is 0 Å². The maximum absolute atomic E-state index is 4.57. The average molecular weight is 298 g/mol. The Bertz CT molecular complexity index is 685. The Morgan fingerprint density at radius 1 is 1.32 bits per heavy atom. The van der Waals surface area contributed by atoms with Crippen LogP contribution in [-0.2, 0) is 20.0 Å². The van der Waals surface area contributed by atoms with Crippen LogP contribution in [0.4, 0.5) is 5.82 Å². The molecule has 0 bridgehead atoms. The van der Waals surface area contributed by atoms with E-state index >= 15 is 0 Å². The van der Waals surface area contributed by atoms with Gasteiger partial charge in [0.1, 0.15) is 5.82 Å². The second kappa shape index (κ2) is 5.76. The third-order valence-corrected chi connectivity index (χ3v) is 4.64. The Labute approximate surface area is 133 Å². The SMILES string of the molecule is Cc1ccc2c(c1)CCC2NCc1c(C)nn(C)c1N(C)C. The zero-order valence-electron chi connectivity index (χ0n) is 14.3. The Morgan fingerprint density at radius 3 is 2.82 bits per heavy atom. The number of aryl methyl sites for hydroxylation is 4. The van der Waals surface area contributed by atoms with Gasteiger partial charge in [-0.2, -0.15) is 5.10 Å². The molecule has 0 amide bonds. The minimum Gasteiger partial charge on any atom is -0.363 e. The van der Waals surface area contributed by atoms with Gasteiger partial charge < -0.3 is 10.2 Å². The molecule has 1 aliphatic carbocycles. The fourth-order valence-corrected chi connectivity index (χ4v) is 3.64. The highest BCUT2D eigenvalue weighted by molar-refractivity contribution is 5.49. The molecule has 1 N–H and O–H groups in total. The Kier molecular flexibility index (Phi) is 3.96.